The Bertz CT molecular complexity index is 456. The molecule has 0 aliphatic heterocycles. The van der Waals surface area contributed by atoms with Crippen LogP contribution in [0.1, 0.15) is 24.2 Å². The van der Waals surface area contributed by atoms with Gasteiger partial charge in [0.15, 0.2) is 0 Å². The molecule has 1 atom stereocenters. The highest BCUT2D eigenvalue weighted by Crippen LogP contribution is 2.16. The number of aromatic hydroxyl groups is 1. The minimum atomic E-state index is 0.213. The second-order valence-corrected chi connectivity index (χ2v) is 3.89. The summed E-state index contributed by atoms with van der Waals surface area (Å²) in [5.74, 6) is 0.289. The maximum Gasteiger partial charge on any atom is 0.115 e. The maximum absolute atomic E-state index is 9.21. The molecule has 4 heteroatoms. The number of benzene rings is 1. The molecule has 1 unspecified atom stereocenters. The zero-order valence-corrected chi connectivity index (χ0v) is 9.67. The quantitative estimate of drug-likeness (QED) is 0.842. The average Bonchev–Trinajstić information content (AvgIpc) is 2.38. The van der Waals surface area contributed by atoms with Crippen LogP contribution >= 0.6 is 0 Å². The molecule has 0 bridgehead atoms. The third-order valence-electron chi connectivity index (χ3n) is 2.63. The van der Waals surface area contributed by atoms with E-state index in [1.165, 1.54) is 0 Å². The first kappa shape index (κ1) is 11.5. The summed E-state index contributed by atoms with van der Waals surface area (Å²) in [5.41, 5.74) is 2.10. The van der Waals surface area contributed by atoms with E-state index in [1.54, 1.807) is 24.7 Å². The van der Waals surface area contributed by atoms with Crippen molar-refractivity contribution in [2.24, 2.45) is 0 Å². The van der Waals surface area contributed by atoms with Gasteiger partial charge in [-0.2, -0.15) is 0 Å². The van der Waals surface area contributed by atoms with Gasteiger partial charge in [-0.3, -0.25) is 0 Å². The first-order valence-electron chi connectivity index (χ1n) is 5.53. The highest BCUT2D eigenvalue weighted by Gasteiger charge is 2.04. The lowest BCUT2D eigenvalue weighted by Crippen LogP contribution is -2.18. The topological polar surface area (TPSA) is 58.0 Å². The largest absolute Gasteiger partial charge is 0.508 e. The van der Waals surface area contributed by atoms with Crippen molar-refractivity contribution in [1.29, 1.82) is 0 Å². The Balaban J connectivity index is 1.93. The minimum absolute atomic E-state index is 0.213. The lowest BCUT2D eigenvalue weighted by Gasteiger charge is -2.13. The molecule has 0 amide bonds. The van der Waals surface area contributed by atoms with Crippen LogP contribution in [0.2, 0.25) is 0 Å². The van der Waals surface area contributed by atoms with E-state index in [9.17, 15) is 5.11 Å². The van der Waals surface area contributed by atoms with E-state index in [4.69, 9.17) is 0 Å². The van der Waals surface area contributed by atoms with Gasteiger partial charge in [-0.1, -0.05) is 12.1 Å². The smallest absolute Gasteiger partial charge is 0.115 e. The summed E-state index contributed by atoms with van der Waals surface area (Å²) in [6.07, 6.45) is 3.28. The van der Waals surface area contributed by atoms with Gasteiger partial charge in [-0.25, -0.2) is 9.97 Å². The van der Waals surface area contributed by atoms with Gasteiger partial charge >= 0.3 is 0 Å². The standard InChI is InChI=1S/C13H15N3O/c1-10(11-2-4-13(17)5-3-11)15-8-12-6-7-14-9-16-12/h2-7,9-10,15,17H,8H2,1H3. The van der Waals surface area contributed by atoms with Crippen LogP contribution in [0.25, 0.3) is 0 Å². The number of phenols is 1. The van der Waals surface area contributed by atoms with Gasteiger partial charge in [-0.05, 0) is 30.7 Å². The van der Waals surface area contributed by atoms with E-state index in [-0.39, 0.29) is 11.8 Å². The molecule has 2 rings (SSSR count). The second kappa shape index (κ2) is 5.41. The Hall–Kier alpha value is -1.94. The fourth-order valence-corrected chi connectivity index (χ4v) is 1.56. The van der Waals surface area contributed by atoms with Crippen LogP contribution in [0.15, 0.2) is 42.9 Å². The zero-order valence-electron chi connectivity index (χ0n) is 9.67. The van der Waals surface area contributed by atoms with Gasteiger partial charge in [0.25, 0.3) is 0 Å². The highest BCUT2D eigenvalue weighted by molar-refractivity contribution is 5.27. The van der Waals surface area contributed by atoms with E-state index in [2.05, 4.69) is 22.2 Å². The molecule has 0 fully saturated rings. The normalized spacial score (nSPS) is 12.3. The van der Waals surface area contributed by atoms with Crippen molar-refractivity contribution < 1.29 is 5.11 Å². The first-order valence-corrected chi connectivity index (χ1v) is 5.53. The van der Waals surface area contributed by atoms with E-state index < -0.39 is 0 Å². The molecular weight excluding hydrogens is 214 g/mol. The molecule has 17 heavy (non-hydrogen) atoms. The van der Waals surface area contributed by atoms with Crippen LogP contribution in [0.3, 0.4) is 0 Å². The predicted octanol–water partition coefficient (Wildman–Crippen LogP) is 2.03. The molecule has 1 aromatic carbocycles. The van der Waals surface area contributed by atoms with Crippen molar-refractivity contribution in [2.45, 2.75) is 19.5 Å². The number of nitrogens with one attached hydrogen (secondary N) is 1. The van der Waals surface area contributed by atoms with Crippen LogP contribution in [0.4, 0.5) is 0 Å². The van der Waals surface area contributed by atoms with E-state index in [0.717, 1.165) is 11.3 Å². The molecule has 1 aromatic heterocycles. The van der Waals surface area contributed by atoms with E-state index in [0.29, 0.717) is 6.54 Å². The molecule has 0 saturated heterocycles. The molecule has 0 aliphatic rings. The Kier molecular flexibility index (Phi) is 3.67. The number of aromatic nitrogens is 2. The number of hydrogen-bond donors (Lipinski definition) is 2. The second-order valence-electron chi connectivity index (χ2n) is 3.89. The maximum atomic E-state index is 9.21. The van der Waals surface area contributed by atoms with Crippen molar-refractivity contribution in [3.05, 3.63) is 54.1 Å². The summed E-state index contributed by atoms with van der Waals surface area (Å²) in [5, 5.41) is 12.6. The van der Waals surface area contributed by atoms with Crippen LogP contribution in [0, 0.1) is 0 Å². The molecule has 88 valence electrons. The monoisotopic (exact) mass is 229 g/mol. The lowest BCUT2D eigenvalue weighted by molar-refractivity contribution is 0.474. The van der Waals surface area contributed by atoms with Gasteiger partial charge in [0.1, 0.15) is 12.1 Å². The van der Waals surface area contributed by atoms with Crippen LogP contribution < -0.4 is 5.32 Å². The molecule has 2 aromatic rings. The third kappa shape index (κ3) is 3.26. The van der Waals surface area contributed by atoms with E-state index >= 15 is 0 Å². The summed E-state index contributed by atoms with van der Waals surface area (Å²) in [6.45, 7) is 2.78. The first-order chi connectivity index (χ1) is 8.25. The van der Waals surface area contributed by atoms with Crippen molar-refractivity contribution >= 4 is 0 Å². The number of nitrogens with zero attached hydrogens (tertiary/aromatic N) is 2. The summed E-state index contributed by atoms with van der Waals surface area (Å²) in [7, 11) is 0. The van der Waals surface area contributed by atoms with Crippen molar-refractivity contribution in [3.8, 4) is 5.75 Å². The van der Waals surface area contributed by atoms with E-state index in [1.807, 2.05) is 18.2 Å². The number of rotatable bonds is 4. The van der Waals surface area contributed by atoms with Crippen molar-refractivity contribution in [2.75, 3.05) is 0 Å². The Morgan fingerprint density at radius 2 is 2.00 bits per heavy atom. The molecule has 0 saturated carbocycles. The number of phenolic OH excluding ortho intramolecular Hbond substituents is 1. The summed E-state index contributed by atoms with van der Waals surface area (Å²) in [6, 6.07) is 9.30. The highest BCUT2D eigenvalue weighted by atomic mass is 16.3. The van der Waals surface area contributed by atoms with Gasteiger partial charge in [0, 0.05) is 18.8 Å². The fourth-order valence-electron chi connectivity index (χ4n) is 1.56. The van der Waals surface area contributed by atoms with Crippen LogP contribution in [0.5, 0.6) is 5.75 Å². The summed E-state index contributed by atoms with van der Waals surface area (Å²) >= 11 is 0. The minimum Gasteiger partial charge on any atom is -0.508 e. The predicted molar refractivity (Wildman–Crippen MR) is 65.4 cm³/mol. The lowest BCUT2D eigenvalue weighted by atomic mass is 10.1. The molecule has 0 radical (unpaired) electrons. The van der Waals surface area contributed by atoms with Crippen LogP contribution in [-0.2, 0) is 6.54 Å². The summed E-state index contributed by atoms with van der Waals surface area (Å²) < 4.78 is 0. The Morgan fingerprint density at radius 3 is 2.65 bits per heavy atom. The number of hydrogen-bond acceptors (Lipinski definition) is 4. The molecular formula is C13H15N3O. The van der Waals surface area contributed by atoms with Crippen LogP contribution in [-0.4, -0.2) is 15.1 Å². The van der Waals surface area contributed by atoms with Gasteiger partial charge in [0.2, 0.25) is 0 Å². The van der Waals surface area contributed by atoms with Crippen molar-refractivity contribution in [1.82, 2.24) is 15.3 Å². The zero-order chi connectivity index (χ0) is 12.1. The molecule has 4 nitrogen and oxygen atoms in total. The van der Waals surface area contributed by atoms with Gasteiger partial charge < -0.3 is 10.4 Å². The van der Waals surface area contributed by atoms with Gasteiger partial charge in [0.05, 0.1) is 5.69 Å². The average molecular weight is 229 g/mol. The molecule has 1 heterocycles. The molecule has 0 spiro atoms. The third-order valence-corrected chi connectivity index (χ3v) is 2.63. The molecule has 0 aliphatic carbocycles. The Labute approximate surface area is 100 Å². The Morgan fingerprint density at radius 1 is 1.24 bits per heavy atom. The molecule has 2 N–H and O–H groups in total. The van der Waals surface area contributed by atoms with Gasteiger partial charge in [-0.15, -0.1) is 0 Å². The summed E-state index contributed by atoms with van der Waals surface area (Å²) in [4.78, 5) is 8.02. The fraction of sp³-hybridized carbons (Fsp3) is 0.231. The van der Waals surface area contributed by atoms with Crippen molar-refractivity contribution in [3.63, 3.8) is 0 Å². The SMILES string of the molecule is CC(NCc1ccncn1)c1ccc(O)cc1.